The summed E-state index contributed by atoms with van der Waals surface area (Å²) >= 11 is 1.91. The number of thioether (sulfide) groups is 1. The molecule has 4 rings (SSSR count). The van der Waals surface area contributed by atoms with Gasteiger partial charge in [0.25, 0.3) is 0 Å². The molecule has 10 heteroatoms. The molecule has 180 valence electrons. The van der Waals surface area contributed by atoms with E-state index < -0.39 is 12.4 Å². The van der Waals surface area contributed by atoms with Crippen molar-refractivity contribution in [3.63, 3.8) is 0 Å². The van der Waals surface area contributed by atoms with E-state index in [0.29, 0.717) is 25.0 Å². The summed E-state index contributed by atoms with van der Waals surface area (Å²) in [7, 11) is 0. The van der Waals surface area contributed by atoms with Gasteiger partial charge >= 0.3 is 6.61 Å². The molecule has 1 amide bonds. The zero-order valence-electron chi connectivity index (χ0n) is 19.0. The van der Waals surface area contributed by atoms with Gasteiger partial charge < -0.3 is 10.1 Å². The molecular weight excluding hydrogens is 453 g/mol. The van der Waals surface area contributed by atoms with Crippen LogP contribution in [0, 0.1) is 11.7 Å². The third-order valence-corrected chi connectivity index (χ3v) is 7.46. The molecule has 0 bridgehead atoms. The number of rotatable bonds is 6. The van der Waals surface area contributed by atoms with Gasteiger partial charge in [0.2, 0.25) is 11.8 Å². The number of amides is 1. The Balaban J connectivity index is 1.62. The molecule has 1 saturated heterocycles. The standard InChI is InChI=1S/C23H29F3N4O2S/c1-13(2)30-18-10-14(21(31)28-23(3)6-8-33-9-7-23)4-5-15(18)20(29-30)16-11-19(32-22(25)26)27-12-17(16)24/h11-14,22H,4-10H2,1-3H3,(H,28,31). The van der Waals surface area contributed by atoms with Crippen LogP contribution in [0.5, 0.6) is 5.88 Å². The van der Waals surface area contributed by atoms with Crippen molar-refractivity contribution in [3.05, 3.63) is 29.3 Å². The van der Waals surface area contributed by atoms with Crippen LogP contribution >= 0.6 is 11.8 Å². The molecule has 2 aliphatic rings. The second kappa shape index (κ2) is 9.56. The van der Waals surface area contributed by atoms with Crippen molar-refractivity contribution in [1.29, 1.82) is 0 Å². The molecule has 1 atom stereocenters. The number of pyridine rings is 1. The van der Waals surface area contributed by atoms with Gasteiger partial charge in [0, 0.05) is 46.8 Å². The van der Waals surface area contributed by atoms with Gasteiger partial charge in [-0.1, -0.05) is 0 Å². The topological polar surface area (TPSA) is 69.0 Å². The van der Waals surface area contributed by atoms with Crippen LogP contribution in [0.2, 0.25) is 0 Å². The maximum Gasteiger partial charge on any atom is 0.388 e. The van der Waals surface area contributed by atoms with E-state index >= 15 is 0 Å². The second-order valence-electron chi connectivity index (χ2n) is 9.30. The van der Waals surface area contributed by atoms with Crippen LogP contribution in [0.3, 0.4) is 0 Å². The minimum atomic E-state index is -3.05. The molecule has 33 heavy (non-hydrogen) atoms. The number of carbonyl (C=O) groups excluding carboxylic acids is 1. The first-order chi connectivity index (χ1) is 15.7. The lowest BCUT2D eigenvalue weighted by Gasteiger charge is -2.36. The summed E-state index contributed by atoms with van der Waals surface area (Å²) in [4.78, 5) is 16.7. The molecule has 2 aromatic heterocycles. The van der Waals surface area contributed by atoms with Crippen molar-refractivity contribution in [2.45, 2.75) is 71.1 Å². The fraction of sp³-hybridized carbons (Fsp3) is 0.609. The van der Waals surface area contributed by atoms with E-state index in [4.69, 9.17) is 0 Å². The van der Waals surface area contributed by atoms with E-state index in [1.165, 1.54) is 0 Å². The van der Waals surface area contributed by atoms with Crippen molar-refractivity contribution in [1.82, 2.24) is 20.1 Å². The number of nitrogens with zero attached hydrogens (tertiary/aromatic N) is 3. The van der Waals surface area contributed by atoms with E-state index in [0.717, 1.165) is 47.9 Å². The third kappa shape index (κ3) is 5.15. The Kier molecular flexibility index (Phi) is 6.93. The minimum Gasteiger partial charge on any atom is -0.417 e. The van der Waals surface area contributed by atoms with E-state index in [-0.39, 0.29) is 34.8 Å². The van der Waals surface area contributed by atoms with Crippen LogP contribution in [0.1, 0.15) is 57.3 Å². The molecule has 1 fully saturated rings. The summed E-state index contributed by atoms with van der Waals surface area (Å²) in [5.74, 6) is 0.937. The number of ether oxygens (including phenoxy) is 1. The number of fused-ring (bicyclic) bond motifs is 1. The van der Waals surface area contributed by atoms with Crippen molar-refractivity contribution < 1.29 is 22.7 Å². The summed E-state index contributed by atoms with van der Waals surface area (Å²) in [5, 5.41) is 7.92. The fourth-order valence-electron chi connectivity index (χ4n) is 4.61. The van der Waals surface area contributed by atoms with E-state index in [9.17, 15) is 18.0 Å². The molecule has 1 N–H and O–H groups in total. The summed E-state index contributed by atoms with van der Waals surface area (Å²) in [6.45, 7) is 2.99. The van der Waals surface area contributed by atoms with E-state index in [2.05, 4.69) is 27.1 Å². The number of nitrogens with one attached hydrogen (secondary N) is 1. The first-order valence-electron chi connectivity index (χ1n) is 11.3. The van der Waals surface area contributed by atoms with E-state index in [1.54, 1.807) is 0 Å². The number of aromatic nitrogens is 3. The smallest absolute Gasteiger partial charge is 0.388 e. The van der Waals surface area contributed by atoms with Gasteiger partial charge in [-0.05, 0) is 58.0 Å². The third-order valence-electron chi connectivity index (χ3n) is 6.48. The van der Waals surface area contributed by atoms with Gasteiger partial charge in [0.1, 0.15) is 0 Å². The highest BCUT2D eigenvalue weighted by molar-refractivity contribution is 7.99. The fourth-order valence-corrected chi connectivity index (χ4v) is 6.00. The highest BCUT2D eigenvalue weighted by atomic mass is 32.2. The van der Waals surface area contributed by atoms with Gasteiger partial charge in [0.15, 0.2) is 5.82 Å². The Morgan fingerprint density at radius 1 is 1.33 bits per heavy atom. The highest BCUT2D eigenvalue weighted by Gasteiger charge is 2.35. The summed E-state index contributed by atoms with van der Waals surface area (Å²) in [5.41, 5.74) is 2.04. The van der Waals surface area contributed by atoms with Crippen molar-refractivity contribution >= 4 is 17.7 Å². The van der Waals surface area contributed by atoms with Crippen molar-refractivity contribution in [2.75, 3.05) is 11.5 Å². The monoisotopic (exact) mass is 482 g/mol. The lowest BCUT2D eigenvalue weighted by atomic mass is 9.84. The molecular formula is C23H29F3N4O2S. The molecule has 1 aliphatic heterocycles. The second-order valence-corrected chi connectivity index (χ2v) is 10.5. The molecule has 0 radical (unpaired) electrons. The SMILES string of the molecule is CC(C)n1nc(-c2cc(OC(F)F)ncc2F)c2c1CC(C(=O)NC1(C)CCSCC1)CC2. The van der Waals surface area contributed by atoms with Gasteiger partial charge in [-0.15, -0.1) is 0 Å². The van der Waals surface area contributed by atoms with Gasteiger partial charge in [0.05, 0.1) is 11.9 Å². The first-order valence-corrected chi connectivity index (χ1v) is 12.4. The molecule has 2 aromatic rings. The van der Waals surface area contributed by atoms with Crippen LogP contribution in [0.4, 0.5) is 13.2 Å². The van der Waals surface area contributed by atoms with Gasteiger partial charge in [-0.3, -0.25) is 9.48 Å². The minimum absolute atomic E-state index is 0.0103. The molecule has 3 heterocycles. The Hall–Kier alpha value is -2.23. The first kappa shape index (κ1) is 23.9. The maximum atomic E-state index is 14.7. The molecule has 0 spiro atoms. The zero-order chi connectivity index (χ0) is 23.8. The molecule has 1 unspecified atom stereocenters. The molecule has 0 aromatic carbocycles. The average molecular weight is 483 g/mol. The van der Waals surface area contributed by atoms with Crippen LogP contribution in [-0.2, 0) is 17.6 Å². The molecule has 0 saturated carbocycles. The highest BCUT2D eigenvalue weighted by Crippen LogP contribution is 2.37. The summed E-state index contributed by atoms with van der Waals surface area (Å²) < 4.78 is 46.1. The number of hydrogen-bond donors (Lipinski definition) is 1. The summed E-state index contributed by atoms with van der Waals surface area (Å²) in [6, 6.07) is 1.15. The average Bonchev–Trinajstić information content (AvgIpc) is 3.14. The van der Waals surface area contributed by atoms with Crippen LogP contribution in [0.25, 0.3) is 11.3 Å². The summed E-state index contributed by atoms with van der Waals surface area (Å²) in [6.07, 6.45) is 4.46. The van der Waals surface area contributed by atoms with Crippen molar-refractivity contribution in [2.24, 2.45) is 5.92 Å². The van der Waals surface area contributed by atoms with Crippen LogP contribution in [0.15, 0.2) is 12.3 Å². The lowest BCUT2D eigenvalue weighted by Crippen LogP contribution is -2.51. The van der Waals surface area contributed by atoms with Gasteiger partial charge in [-0.25, -0.2) is 9.37 Å². The number of carbonyl (C=O) groups is 1. The van der Waals surface area contributed by atoms with Crippen molar-refractivity contribution in [3.8, 4) is 17.1 Å². The lowest BCUT2D eigenvalue weighted by molar-refractivity contribution is -0.127. The Labute approximate surface area is 195 Å². The Bertz CT molecular complexity index is 1020. The number of hydrogen-bond acceptors (Lipinski definition) is 5. The number of alkyl halides is 2. The maximum absolute atomic E-state index is 14.7. The largest absolute Gasteiger partial charge is 0.417 e. The van der Waals surface area contributed by atoms with Crippen LogP contribution in [-0.4, -0.2) is 44.3 Å². The predicted octanol–water partition coefficient (Wildman–Crippen LogP) is 4.77. The Morgan fingerprint density at radius 2 is 2.06 bits per heavy atom. The quantitative estimate of drug-likeness (QED) is 0.642. The zero-order valence-corrected chi connectivity index (χ0v) is 19.9. The van der Waals surface area contributed by atoms with Crippen LogP contribution < -0.4 is 10.1 Å². The Morgan fingerprint density at radius 3 is 2.73 bits per heavy atom. The molecule has 6 nitrogen and oxygen atoms in total. The normalized spacial score (nSPS) is 20.1. The van der Waals surface area contributed by atoms with Gasteiger partial charge in [-0.2, -0.15) is 25.6 Å². The predicted molar refractivity (Wildman–Crippen MR) is 121 cm³/mol. The molecule has 1 aliphatic carbocycles. The van der Waals surface area contributed by atoms with E-state index in [1.807, 2.05) is 30.3 Å². The number of halogens is 3.